The molecule has 0 aliphatic heterocycles. The summed E-state index contributed by atoms with van der Waals surface area (Å²) in [4.78, 5) is 11.7. The largest absolute Gasteiger partial charge is 0.289 e. The molecule has 0 bridgehead atoms. The molecule has 17 heavy (non-hydrogen) atoms. The Balaban J connectivity index is 2.24. The van der Waals surface area contributed by atoms with Gasteiger partial charge < -0.3 is 0 Å². The predicted molar refractivity (Wildman–Crippen MR) is 66.3 cm³/mol. The van der Waals surface area contributed by atoms with Gasteiger partial charge >= 0.3 is 0 Å². The van der Waals surface area contributed by atoms with Crippen LogP contribution in [0.25, 0.3) is 5.83 Å². The second-order valence-corrected chi connectivity index (χ2v) is 3.59. The van der Waals surface area contributed by atoms with Crippen LogP contribution in [0.5, 0.6) is 0 Å². The first-order valence-electron chi connectivity index (χ1n) is 5.29. The third kappa shape index (κ3) is 2.88. The molecule has 0 heterocycles. The van der Waals surface area contributed by atoms with E-state index >= 15 is 0 Å². The van der Waals surface area contributed by atoms with Crippen molar-refractivity contribution in [1.82, 2.24) is 0 Å². The molecule has 0 N–H and O–H groups in total. The molecular formula is C15H11FO. The SMILES string of the molecule is O=C(/C=C(\F)c1ccccc1)c1ccccc1. The number of ketones is 1. The molecule has 0 fully saturated rings. The van der Waals surface area contributed by atoms with Crippen LogP contribution in [0.4, 0.5) is 4.39 Å². The van der Waals surface area contributed by atoms with E-state index in [2.05, 4.69) is 0 Å². The molecule has 2 aromatic rings. The average molecular weight is 226 g/mol. The minimum absolute atomic E-state index is 0.327. The molecule has 84 valence electrons. The van der Waals surface area contributed by atoms with Gasteiger partial charge in [-0.15, -0.1) is 0 Å². The third-order valence-electron chi connectivity index (χ3n) is 2.37. The molecule has 0 spiro atoms. The summed E-state index contributed by atoms with van der Waals surface area (Å²) >= 11 is 0. The quantitative estimate of drug-likeness (QED) is 0.573. The Morgan fingerprint density at radius 1 is 0.824 bits per heavy atom. The van der Waals surface area contributed by atoms with E-state index < -0.39 is 5.83 Å². The first-order chi connectivity index (χ1) is 8.27. The lowest BCUT2D eigenvalue weighted by molar-refractivity contribution is 0.104. The molecule has 0 unspecified atom stereocenters. The van der Waals surface area contributed by atoms with Crippen LogP contribution in [-0.2, 0) is 0 Å². The topological polar surface area (TPSA) is 17.1 Å². The smallest absolute Gasteiger partial charge is 0.188 e. The normalized spacial score (nSPS) is 11.2. The van der Waals surface area contributed by atoms with Gasteiger partial charge in [0.2, 0.25) is 0 Å². The van der Waals surface area contributed by atoms with Crippen LogP contribution in [-0.4, -0.2) is 5.78 Å². The lowest BCUT2D eigenvalue weighted by Gasteiger charge is -1.98. The van der Waals surface area contributed by atoms with Gasteiger partial charge in [0, 0.05) is 17.2 Å². The van der Waals surface area contributed by atoms with E-state index in [4.69, 9.17) is 0 Å². The standard InChI is InChI=1S/C15H11FO/c16-14(12-7-3-1-4-8-12)11-15(17)13-9-5-2-6-10-13/h1-11H/b14-11-. The first-order valence-corrected chi connectivity index (χ1v) is 5.29. The van der Waals surface area contributed by atoms with Crippen LogP contribution in [0, 0.1) is 0 Å². The van der Waals surface area contributed by atoms with E-state index in [1.165, 1.54) is 0 Å². The highest BCUT2D eigenvalue weighted by Gasteiger charge is 2.05. The molecule has 0 saturated heterocycles. The van der Waals surface area contributed by atoms with Crippen LogP contribution in [0.3, 0.4) is 0 Å². The van der Waals surface area contributed by atoms with E-state index in [9.17, 15) is 9.18 Å². The molecule has 2 rings (SSSR count). The molecule has 1 nitrogen and oxygen atoms in total. The number of hydrogen-bond acceptors (Lipinski definition) is 1. The highest BCUT2D eigenvalue weighted by atomic mass is 19.1. The van der Waals surface area contributed by atoms with Crippen molar-refractivity contribution in [3.05, 3.63) is 77.9 Å². The fourth-order valence-corrected chi connectivity index (χ4v) is 1.48. The second kappa shape index (κ2) is 5.21. The number of hydrogen-bond donors (Lipinski definition) is 0. The molecule has 0 amide bonds. The Kier molecular flexibility index (Phi) is 3.46. The summed E-state index contributed by atoms with van der Waals surface area (Å²) in [6.07, 6.45) is 1.02. The minimum Gasteiger partial charge on any atom is -0.289 e. The van der Waals surface area contributed by atoms with Crippen LogP contribution in [0.2, 0.25) is 0 Å². The van der Waals surface area contributed by atoms with E-state index in [1.54, 1.807) is 54.6 Å². The number of carbonyl (C=O) groups is 1. The van der Waals surface area contributed by atoms with Crippen molar-refractivity contribution in [1.29, 1.82) is 0 Å². The maximum Gasteiger partial charge on any atom is 0.188 e. The lowest BCUT2D eigenvalue weighted by atomic mass is 10.1. The minimum atomic E-state index is -0.514. The van der Waals surface area contributed by atoms with Crippen molar-refractivity contribution in [2.75, 3.05) is 0 Å². The van der Waals surface area contributed by atoms with Crippen LogP contribution in [0.1, 0.15) is 15.9 Å². The predicted octanol–water partition coefficient (Wildman–Crippen LogP) is 3.88. The summed E-state index contributed by atoms with van der Waals surface area (Å²) in [5.41, 5.74) is 0.898. The van der Waals surface area contributed by atoms with Gasteiger partial charge in [-0.2, -0.15) is 0 Å². The summed E-state index contributed by atoms with van der Waals surface area (Å²) in [6.45, 7) is 0. The number of halogens is 1. The average Bonchev–Trinajstić information content (AvgIpc) is 2.40. The van der Waals surface area contributed by atoms with Crippen LogP contribution < -0.4 is 0 Å². The maximum atomic E-state index is 13.7. The summed E-state index contributed by atoms with van der Waals surface area (Å²) in [5, 5.41) is 0. The summed E-state index contributed by atoms with van der Waals surface area (Å²) in [5.74, 6) is -0.841. The van der Waals surface area contributed by atoms with Crippen molar-refractivity contribution >= 4 is 11.6 Å². The van der Waals surface area contributed by atoms with Crippen LogP contribution in [0.15, 0.2) is 66.7 Å². The number of rotatable bonds is 3. The van der Waals surface area contributed by atoms with E-state index in [0.717, 1.165) is 6.08 Å². The van der Waals surface area contributed by atoms with Gasteiger partial charge in [0.15, 0.2) is 5.78 Å². The second-order valence-electron chi connectivity index (χ2n) is 3.59. The molecule has 0 aliphatic carbocycles. The summed E-state index contributed by atoms with van der Waals surface area (Å²) in [6, 6.07) is 17.2. The Hall–Kier alpha value is -2.22. The van der Waals surface area contributed by atoms with Gasteiger partial charge in [-0.05, 0) is 0 Å². The molecule has 0 aliphatic rings. The van der Waals surface area contributed by atoms with E-state index in [1.807, 2.05) is 6.07 Å². The zero-order valence-corrected chi connectivity index (χ0v) is 9.14. The maximum absolute atomic E-state index is 13.7. The van der Waals surface area contributed by atoms with E-state index in [-0.39, 0.29) is 5.78 Å². The molecule has 0 radical (unpaired) electrons. The molecule has 0 aromatic heterocycles. The van der Waals surface area contributed by atoms with Gasteiger partial charge in [0.25, 0.3) is 0 Å². The Morgan fingerprint density at radius 3 is 1.82 bits per heavy atom. The molecule has 0 atom stereocenters. The zero-order chi connectivity index (χ0) is 12.1. The van der Waals surface area contributed by atoms with Crippen molar-refractivity contribution in [2.24, 2.45) is 0 Å². The van der Waals surface area contributed by atoms with Gasteiger partial charge in [0.1, 0.15) is 5.83 Å². The monoisotopic (exact) mass is 226 g/mol. The molecular weight excluding hydrogens is 215 g/mol. The number of allylic oxidation sites excluding steroid dienone is 1. The summed E-state index contributed by atoms with van der Waals surface area (Å²) < 4.78 is 13.7. The fourth-order valence-electron chi connectivity index (χ4n) is 1.48. The zero-order valence-electron chi connectivity index (χ0n) is 9.14. The number of benzene rings is 2. The van der Waals surface area contributed by atoms with E-state index in [0.29, 0.717) is 11.1 Å². The first kappa shape index (κ1) is 11.3. The highest BCUT2D eigenvalue weighted by molar-refractivity contribution is 6.07. The third-order valence-corrected chi connectivity index (χ3v) is 2.37. The highest BCUT2D eigenvalue weighted by Crippen LogP contribution is 2.16. The van der Waals surface area contributed by atoms with Crippen LogP contribution >= 0.6 is 0 Å². The molecule has 2 aromatic carbocycles. The fraction of sp³-hybridized carbons (Fsp3) is 0. The Morgan fingerprint density at radius 2 is 1.29 bits per heavy atom. The van der Waals surface area contributed by atoms with Gasteiger partial charge in [-0.25, -0.2) is 4.39 Å². The van der Waals surface area contributed by atoms with Gasteiger partial charge in [0.05, 0.1) is 0 Å². The number of carbonyl (C=O) groups excluding carboxylic acids is 1. The van der Waals surface area contributed by atoms with Crippen molar-refractivity contribution < 1.29 is 9.18 Å². The Labute approximate surface area is 99.2 Å². The van der Waals surface area contributed by atoms with Gasteiger partial charge in [-0.3, -0.25) is 4.79 Å². The van der Waals surface area contributed by atoms with Crippen molar-refractivity contribution in [3.8, 4) is 0 Å². The summed E-state index contributed by atoms with van der Waals surface area (Å²) in [7, 11) is 0. The molecule has 0 saturated carbocycles. The van der Waals surface area contributed by atoms with Gasteiger partial charge in [-0.1, -0.05) is 60.7 Å². The molecule has 2 heteroatoms. The van der Waals surface area contributed by atoms with Crippen molar-refractivity contribution in [3.63, 3.8) is 0 Å². The Bertz CT molecular complexity index is 529. The lowest BCUT2D eigenvalue weighted by Crippen LogP contribution is -1.94. The van der Waals surface area contributed by atoms with Crippen molar-refractivity contribution in [2.45, 2.75) is 0 Å².